The van der Waals surface area contributed by atoms with Crippen molar-refractivity contribution in [2.45, 2.75) is 30.6 Å². The van der Waals surface area contributed by atoms with Gasteiger partial charge >= 0.3 is 0 Å². The second kappa shape index (κ2) is 8.53. The molecule has 0 spiro atoms. The normalized spacial score (nSPS) is 14.3. The van der Waals surface area contributed by atoms with Crippen molar-refractivity contribution in [1.82, 2.24) is 5.32 Å². The standard InChI is InChI=1S/C20H23N3O4S/c21-28(26,27)18-9-5-15(6-10-18)11-12-22-19(24)14-16-3-7-17(8-4-16)23-13-1-2-20(23)25/h3-10H,1-2,11-14H2,(H,22,24)(H2,21,26,27). The van der Waals surface area contributed by atoms with Crippen LogP contribution in [0.15, 0.2) is 53.4 Å². The molecular weight excluding hydrogens is 378 g/mol. The van der Waals surface area contributed by atoms with Gasteiger partial charge in [0.2, 0.25) is 21.8 Å². The Morgan fingerprint density at radius 2 is 1.68 bits per heavy atom. The van der Waals surface area contributed by atoms with Gasteiger partial charge < -0.3 is 10.2 Å². The lowest BCUT2D eigenvalue weighted by Crippen LogP contribution is -2.27. The van der Waals surface area contributed by atoms with Crippen LogP contribution >= 0.6 is 0 Å². The van der Waals surface area contributed by atoms with E-state index in [2.05, 4.69) is 5.32 Å². The van der Waals surface area contributed by atoms with Crippen molar-refractivity contribution in [3.05, 3.63) is 59.7 Å². The Morgan fingerprint density at radius 1 is 1.04 bits per heavy atom. The van der Waals surface area contributed by atoms with E-state index < -0.39 is 10.0 Å². The van der Waals surface area contributed by atoms with Crippen LogP contribution in [0, 0.1) is 0 Å². The van der Waals surface area contributed by atoms with Gasteiger partial charge in [0.15, 0.2) is 0 Å². The summed E-state index contributed by atoms with van der Waals surface area (Å²) in [6.45, 7) is 1.20. The molecule has 0 aromatic heterocycles. The molecule has 1 saturated heterocycles. The number of benzene rings is 2. The number of hydrogen-bond acceptors (Lipinski definition) is 4. The average Bonchev–Trinajstić information content (AvgIpc) is 3.08. The van der Waals surface area contributed by atoms with E-state index in [1.165, 1.54) is 12.1 Å². The van der Waals surface area contributed by atoms with E-state index in [9.17, 15) is 18.0 Å². The fourth-order valence-corrected chi connectivity index (χ4v) is 3.67. The van der Waals surface area contributed by atoms with E-state index in [1.54, 1.807) is 17.0 Å². The second-order valence-corrected chi connectivity index (χ2v) is 8.34. The molecule has 8 heteroatoms. The quantitative estimate of drug-likeness (QED) is 0.730. The Morgan fingerprint density at radius 3 is 2.25 bits per heavy atom. The SMILES string of the molecule is NS(=O)(=O)c1ccc(CCNC(=O)Cc2ccc(N3CCCC3=O)cc2)cc1. The Labute approximate surface area is 164 Å². The Kier molecular flexibility index (Phi) is 6.11. The highest BCUT2D eigenvalue weighted by Crippen LogP contribution is 2.21. The summed E-state index contributed by atoms with van der Waals surface area (Å²) < 4.78 is 22.5. The average molecular weight is 401 g/mol. The minimum Gasteiger partial charge on any atom is -0.355 e. The lowest BCUT2D eigenvalue weighted by molar-refractivity contribution is -0.120. The number of nitrogens with zero attached hydrogens (tertiary/aromatic N) is 1. The fourth-order valence-electron chi connectivity index (χ4n) is 3.15. The fraction of sp³-hybridized carbons (Fsp3) is 0.300. The van der Waals surface area contributed by atoms with Crippen LogP contribution in [0.1, 0.15) is 24.0 Å². The topological polar surface area (TPSA) is 110 Å². The molecule has 3 rings (SSSR count). The van der Waals surface area contributed by atoms with Gasteiger partial charge in [0.05, 0.1) is 11.3 Å². The molecule has 28 heavy (non-hydrogen) atoms. The van der Waals surface area contributed by atoms with Crippen molar-refractivity contribution in [3.8, 4) is 0 Å². The molecule has 0 radical (unpaired) electrons. The summed E-state index contributed by atoms with van der Waals surface area (Å²) in [4.78, 5) is 25.7. The van der Waals surface area contributed by atoms with Crippen molar-refractivity contribution in [2.24, 2.45) is 5.14 Å². The van der Waals surface area contributed by atoms with Crippen LogP contribution in [0.4, 0.5) is 5.69 Å². The molecule has 2 amide bonds. The zero-order valence-electron chi connectivity index (χ0n) is 15.4. The summed E-state index contributed by atoms with van der Waals surface area (Å²) in [5, 5.41) is 7.92. The van der Waals surface area contributed by atoms with E-state index in [-0.39, 0.29) is 23.1 Å². The molecule has 1 aliphatic rings. The first-order chi connectivity index (χ1) is 13.3. The van der Waals surface area contributed by atoms with E-state index in [4.69, 9.17) is 5.14 Å². The Hall–Kier alpha value is -2.71. The second-order valence-electron chi connectivity index (χ2n) is 6.78. The third-order valence-electron chi connectivity index (χ3n) is 4.67. The highest BCUT2D eigenvalue weighted by atomic mass is 32.2. The van der Waals surface area contributed by atoms with Gasteiger partial charge in [-0.3, -0.25) is 9.59 Å². The third kappa shape index (κ3) is 5.17. The molecule has 3 N–H and O–H groups in total. The van der Waals surface area contributed by atoms with E-state index in [1.807, 2.05) is 24.3 Å². The van der Waals surface area contributed by atoms with Gasteiger partial charge in [0.1, 0.15) is 0 Å². The van der Waals surface area contributed by atoms with E-state index in [0.717, 1.165) is 29.8 Å². The van der Waals surface area contributed by atoms with E-state index >= 15 is 0 Å². The summed E-state index contributed by atoms with van der Waals surface area (Å²) in [6, 6.07) is 13.8. The van der Waals surface area contributed by atoms with Crippen LogP contribution in [0.5, 0.6) is 0 Å². The molecular formula is C20H23N3O4S. The van der Waals surface area contributed by atoms with Gasteiger partial charge in [0.25, 0.3) is 0 Å². The van der Waals surface area contributed by atoms with Crippen molar-refractivity contribution in [1.29, 1.82) is 0 Å². The zero-order valence-corrected chi connectivity index (χ0v) is 16.2. The summed E-state index contributed by atoms with van der Waals surface area (Å²) in [6.07, 6.45) is 2.33. The first-order valence-electron chi connectivity index (χ1n) is 9.11. The number of anilines is 1. The number of amides is 2. The van der Waals surface area contributed by atoms with Crippen LogP contribution in [0.25, 0.3) is 0 Å². The number of rotatable bonds is 7. The summed E-state index contributed by atoms with van der Waals surface area (Å²) in [5.41, 5.74) is 2.66. The third-order valence-corrected chi connectivity index (χ3v) is 5.60. The zero-order chi connectivity index (χ0) is 20.1. The maximum absolute atomic E-state index is 12.1. The lowest BCUT2D eigenvalue weighted by atomic mass is 10.1. The van der Waals surface area contributed by atoms with Crippen molar-refractivity contribution < 1.29 is 18.0 Å². The maximum Gasteiger partial charge on any atom is 0.238 e. The Bertz CT molecular complexity index is 954. The monoisotopic (exact) mass is 401 g/mol. The molecule has 7 nitrogen and oxygen atoms in total. The number of sulfonamides is 1. The molecule has 0 aliphatic carbocycles. The molecule has 2 aromatic rings. The first kappa shape index (κ1) is 20.0. The number of primary sulfonamides is 1. The molecule has 148 valence electrons. The van der Waals surface area contributed by atoms with Crippen LogP contribution < -0.4 is 15.4 Å². The van der Waals surface area contributed by atoms with Crippen LogP contribution in [0.3, 0.4) is 0 Å². The van der Waals surface area contributed by atoms with Crippen LogP contribution in [-0.2, 0) is 32.5 Å². The van der Waals surface area contributed by atoms with Gasteiger partial charge in [-0.05, 0) is 48.2 Å². The molecule has 0 bridgehead atoms. The molecule has 1 aliphatic heterocycles. The highest BCUT2D eigenvalue weighted by Gasteiger charge is 2.21. The largest absolute Gasteiger partial charge is 0.355 e. The number of nitrogens with two attached hydrogens (primary N) is 1. The van der Waals surface area contributed by atoms with Gasteiger partial charge in [-0.2, -0.15) is 0 Å². The van der Waals surface area contributed by atoms with Gasteiger partial charge in [-0.25, -0.2) is 13.6 Å². The minimum atomic E-state index is -3.69. The predicted octanol–water partition coefficient (Wildman–Crippen LogP) is 1.36. The van der Waals surface area contributed by atoms with Gasteiger partial charge in [-0.1, -0.05) is 24.3 Å². The van der Waals surface area contributed by atoms with Crippen molar-refractivity contribution in [2.75, 3.05) is 18.0 Å². The maximum atomic E-state index is 12.1. The molecule has 0 saturated carbocycles. The Balaban J connectivity index is 1.46. The minimum absolute atomic E-state index is 0.0689. The van der Waals surface area contributed by atoms with Crippen LogP contribution in [-0.4, -0.2) is 33.3 Å². The smallest absolute Gasteiger partial charge is 0.238 e. The lowest BCUT2D eigenvalue weighted by Gasteiger charge is -2.15. The summed E-state index contributed by atoms with van der Waals surface area (Å²) in [5.74, 6) is 0.0498. The molecule has 0 unspecified atom stereocenters. The predicted molar refractivity (Wildman–Crippen MR) is 106 cm³/mol. The van der Waals surface area contributed by atoms with Gasteiger partial charge in [-0.15, -0.1) is 0 Å². The van der Waals surface area contributed by atoms with Crippen molar-refractivity contribution in [3.63, 3.8) is 0 Å². The number of nitrogens with one attached hydrogen (secondary N) is 1. The first-order valence-corrected chi connectivity index (χ1v) is 10.7. The van der Waals surface area contributed by atoms with Gasteiger partial charge in [0, 0.05) is 25.2 Å². The molecule has 2 aromatic carbocycles. The molecule has 1 heterocycles. The summed E-state index contributed by atoms with van der Waals surface area (Å²) in [7, 11) is -3.69. The van der Waals surface area contributed by atoms with E-state index in [0.29, 0.717) is 19.4 Å². The number of hydrogen-bond donors (Lipinski definition) is 2. The number of carbonyl (C=O) groups excluding carboxylic acids is 2. The highest BCUT2D eigenvalue weighted by molar-refractivity contribution is 7.89. The molecule has 1 fully saturated rings. The van der Waals surface area contributed by atoms with Crippen molar-refractivity contribution >= 4 is 27.5 Å². The van der Waals surface area contributed by atoms with Crippen LogP contribution in [0.2, 0.25) is 0 Å². The number of carbonyl (C=O) groups is 2. The summed E-state index contributed by atoms with van der Waals surface area (Å²) >= 11 is 0. The molecule has 0 atom stereocenters.